The van der Waals surface area contributed by atoms with Crippen molar-refractivity contribution in [3.63, 3.8) is 0 Å². The maximum Gasteiger partial charge on any atom is 0.240 e. The van der Waals surface area contributed by atoms with E-state index >= 15 is 0 Å². The molecule has 5 heteroatoms. The molecule has 0 heterocycles. The SMILES string of the molecule is CCCCCCCCCCCC(=O)N/N=C/c1c(OCc2ccc(F)cc2)ccc2ccccc12. The highest BCUT2D eigenvalue weighted by Crippen LogP contribution is 2.27. The Morgan fingerprint density at radius 1 is 0.886 bits per heavy atom. The fourth-order valence-electron chi connectivity index (χ4n) is 4.10. The lowest BCUT2D eigenvalue weighted by Gasteiger charge is -2.12. The number of amides is 1. The number of hydrogen-bond donors (Lipinski definition) is 1. The van der Waals surface area contributed by atoms with E-state index < -0.39 is 0 Å². The molecule has 0 radical (unpaired) electrons. The summed E-state index contributed by atoms with van der Waals surface area (Å²) in [6, 6.07) is 18.1. The van der Waals surface area contributed by atoms with Gasteiger partial charge in [0.2, 0.25) is 5.91 Å². The first-order chi connectivity index (χ1) is 17.2. The van der Waals surface area contributed by atoms with Gasteiger partial charge < -0.3 is 4.74 Å². The van der Waals surface area contributed by atoms with Crippen LogP contribution in [0.25, 0.3) is 10.8 Å². The first-order valence-corrected chi connectivity index (χ1v) is 12.9. The number of ether oxygens (including phenoxy) is 1. The van der Waals surface area contributed by atoms with Gasteiger partial charge in [0.1, 0.15) is 18.2 Å². The predicted octanol–water partition coefficient (Wildman–Crippen LogP) is 7.93. The summed E-state index contributed by atoms with van der Waals surface area (Å²) in [5.74, 6) is 0.314. The number of fused-ring (bicyclic) bond motifs is 1. The van der Waals surface area contributed by atoms with Crippen molar-refractivity contribution in [2.75, 3.05) is 0 Å². The number of carbonyl (C=O) groups excluding carboxylic acids is 1. The molecule has 4 nitrogen and oxygen atoms in total. The molecule has 0 aliphatic heterocycles. The lowest BCUT2D eigenvalue weighted by Crippen LogP contribution is -2.17. The van der Waals surface area contributed by atoms with E-state index in [1.807, 2.05) is 36.4 Å². The van der Waals surface area contributed by atoms with E-state index in [0.29, 0.717) is 18.8 Å². The largest absolute Gasteiger partial charge is 0.488 e. The van der Waals surface area contributed by atoms with E-state index in [2.05, 4.69) is 17.5 Å². The standard InChI is InChI=1S/C30H37FN2O2/c1-2-3-4-5-6-7-8-9-10-15-30(34)33-32-22-28-27-14-12-11-13-25(27)18-21-29(28)35-23-24-16-19-26(31)20-17-24/h11-14,16-22H,2-10,15,23H2,1H3,(H,33,34)/b32-22+. The lowest BCUT2D eigenvalue weighted by atomic mass is 10.0. The topological polar surface area (TPSA) is 50.7 Å². The maximum atomic E-state index is 13.2. The molecule has 0 fully saturated rings. The zero-order valence-electron chi connectivity index (χ0n) is 20.8. The van der Waals surface area contributed by atoms with Crippen molar-refractivity contribution in [2.45, 2.75) is 77.7 Å². The summed E-state index contributed by atoms with van der Waals surface area (Å²) in [4.78, 5) is 12.2. The quantitative estimate of drug-likeness (QED) is 0.138. The van der Waals surface area contributed by atoms with Crippen LogP contribution in [0.15, 0.2) is 65.8 Å². The van der Waals surface area contributed by atoms with Gasteiger partial charge in [0.05, 0.1) is 6.21 Å². The Bertz CT molecular complexity index is 1080. The van der Waals surface area contributed by atoms with Crippen molar-refractivity contribution >= 4 is 22.9 Å². The van der Waals surface area contributed by atoms with Gasteiger partial charge >= 0.3 is 0 Å². The van der Waals surface area contributed by atoms with Gasteiger partial charge in [-0.3, -0.25) is 4.79 Å². The van der Waals surface area contributed by atoms with Crippen molar-refractivity contribution in [1.82, 2.24) is 5.43 Å². The number of unbranched alkanes of at least 4 members (excludes halogenated alkanes) is 8. The zero-order valence-corrected chi connectivity index (χ0v) is 20.8. The van der Waals surface area contributed by atoms with Gasteiger partial charge in [0, 0.05) is 12.0 Å². The summed E-state index contributed by atoms with van der Waals surface area (Å²) >= 11 is 0. The third-order valence-corrected chi connectivity index (χ3v) is 6.13. The molecule has 0 atom stereocenters. The molecule has 186 valence electrons. The van der Waals surface area contributed by atoms with Crippen molar-refractivity contribution in [3.05, 3.63) is 77.6 Å². The minimum absolute atomic E-state index is 0.0711. The molecule has 1 N–H and O–H groups in total. The fourth-order valence-corrected chi connectivity index (χ4v) is 4.10. The number of hydrogen-bond acceptors (Lipinski definition) is 3. The zero-order chi connectivity index (χ0) is 24.7. The monoisotopic (exact) mass is 476 g/mol. The maximum absolute atomic E-state index is 13.2. The van der Waals surface area contributed by atoms with E-state index in [1.54, 1.807) is 18.3 Å². The number of halogens is 1. The van der Waals surface area contributed by atoms with Gasteiger partial charge in [-0.25, -0.2) is 9.82 Å². The summed E-state index contributed by atoms with van der Waals surface area (Å²) in [5, 5.41) is 6.27. The third-order valence-electron chi connectivity index (χ3n) is 6.13. The molecule has 0 saturated carbocycles. The van der Waals surface area contributed by atoms with E-state index in [-0.39, 0.29) is 11.7 Å². The van der Waals surface area contributed by atoms with Gasteiger partial charge in [-0.1, -0.05) is 101 Å². The highest BCUT2D eigenvalue weighted by molar-refractivity contribution is 6.02. The van der Waals surface area contributed by atoms with Crippen molar-refractivity contribution in [1.29, 1.82) is 0 Å². The van der Waals surface area contributed by atoms with E-state index in [9.17, 15) is 9.18 Å². The van der Waals surface area contributed by atoms with Gasteiger partial charge in [-0.05, 0) is 41.0 Å². The first-order valence-electron chi connectivity index (χ1n) is 12.9. The van der Waals surface area contributed by atoms with Crippen LogP contribution >= 0.6 is 0 Å². The highest BCUT2D eigenvalue weighted by Gasteiger charge is 2.08. The van der Waals surface area contributed by atoms with Crippen LogP contribution in [0, 0.1) is 5.82 Å². The molecular formula is C30H37FN2O2. The van der Waals surface area contributed by atoms with Gasteiger partial charge in [-0.15, -0.1) is 0 Å². The van der Waals surface area contributed by atoms with Crippen LogP contribution in [0.2, 0.25) is 0 Å². The van der Waals surface area contributed by atoms with Crippen molar-refractivity contribution in [3.8, 4) is 5.75 Å². The number of benzene rings is 3. The van der Waals surface area contributed by atoms with Gasteiger partial charge in [0.25, 0.3) is 0 Å². The molecule has 0 saturated heterocycles. The highest BCUT2D eigenvalue weighted by atomic mass is 19.1. The molecule has 0 bridgehead atoms. The smallest absolute Gasteiger partial charge is 0.240 e. The molecule has 0 aliphatic carbocycles. The van der Waals surface area contributed by atoms with Crippen LogP contribution in [-0.2, 0) is 11.4 Å². The molecule has 0 spiro atoms. The van der Waals surface area contributed by atoms with Gasteiger partial charge in [-0.2, -0.15) is 5.10 Å². The Morgan fingerprint density at radius 2 is 1.57 bits per heavy atom. The van der Waals surface area contributed by atoms with Crippen LogP contribution in [0.1, 0.15) is 82.3 Å². The number of carbonyl (C=O) groups is 1. The summed E-state index contributed by atoms with van der Waals surface area (Å²) in [6.07, 6.45) is 13.1. The van der Waals surface area contributed by atoms with Crippen LogP contribution < -0.4 is 10.2 Å². The van der Waals surface area contributed by atoms with Crippen molar-refractivity contribution < 1.29 is 13.9 Å². The van der Waals surface area contributed by atoms with Crippen LogP contribution in [0.4, 0.5) is 4.39 Å². The lowest BCUT2D eigenvalue weighted by molar-refractivity contribution is -0.121. The number of hydrazone groups is 1. The molecule has 0 aliphatic rings. The normalized spacial score (nSPS) is 11.3. The molecule has 3 rings (SSSR count). The van der Waals surface area contributed by atoms with Crippen LogP contribution in [-0.4, -0.2) is 12.1 Å². The Balaban J connectivity index is 1.51. The molecular weight excluding hydrogens is 439 g/mol. The predicted molar refractivity (Wildman–Crippen MR) is 142 cm³/mol. The van der Waals surface area contributed by atoms with Crippen LogP contribution in [0.3, 0.4) is 0 Å². The molecule has 35 heavy (non-hydrogen) atoms. The summed E-state index contributed by atoms with van der Waals surface area (Å²) in [6.45, 7) is 2.55. The van der Waals surface area contributed by atoms with Crippen LogP contribution in [0.5, 0.6) is 5.75 Å². The molecule has 0 unspecified atom stereocenters. The molecule has 3 aromatic carbocycles. The summed E-state index contributed by atoms with van der Waals surface area (Å²) in [7, 11) is 0. The summed E-state index contributed by atoms with van der Waals surface area (Å²) in [5.41, 5.74) is 4.33. The second-order valence-corrected chi connectivity index (χ2v) is 8.99. The first kappa shape index (κ1) is 26.4. The summed E-state index contributed by atoms with van der Waals surface area (Å²) < 4.78 is 19.2. The Morgan fingerprint density at radius 3 is 2.31 bits per heavy atom. The van der Waals surface area contributed by atoms with Gasteiger partial charge in [0.15, 0.2) is 0 Å². The fraction of sp³-hybridized carbons (Fsp3) is 0.400. The Hall–Kier alpha value is -3.21. The minimum atomic E-state index is -0.273. The number of rotatable bonds is 15. The van der Waals surface area contributed by atoms with E-state index in [1.165, 1.54) is 57.1 Å². The third kappa shape index (κ3) is 9.16. The van der Waals surface area contributed by atoms with E-state index in [0.717, 1.165) is 34.7 Å². The molecule has 3 aromatic rings. The number of nitrogens with zero attached hydrogens (tertiary/aromatic N) is 1. The Kier molecular flexibility index (Phi) is 11.3. The second-order valence-electron chi connectivity index (χ2n) is 8.99. The van der Waals surface area contributed by atoms with E-state index in [4.69, 9.17) is 4.74 Å². The second kappa shape index (κ2) is 14.9. The Labute approximate surface area is 208 Å². The number of nitrogens with one attached hydrogen (secondary N) is 1. The molecule has 0 aromatic heterocycles. The van der Waals surface area contributed by atoms with Crippen molar-refractivity contribution in [2.24, 2.45) is 5.10 Å². The minimum Gasteiger partial charge on any atom is -0.488 e. The average Bonchev–Trinajstić information content (AvgIpc) is 2.88. The molecule has 1 amide bonds. The average molecular weight is 477 g/mol.